The lowest BCUT2D eigenvalue weighted by Gasteiger charge is -2.11. The lowest BCUT2D eigenvalue weighted by atomic mass is 10.1. The van der Waals surface area contributed by atoms with Gasteiger partial charge in [-0.3, -0.25) is 0 Å². The largest absolute Gasteiger partial charge is 0.493 e. The summed E-state index contributed by atoms with van der Waals surface area (Å²) in [5.41, 5.74) is 2.48. The fourth-order valence-electron chi connectivity index (χ4n) is 2.01. The third kappa shape index (κ3) is 3.44. The van der Waals surface area contributed by atoms with Gasteiger partial charge in [0.1, 0.15) is 5.75 Å². The fraction of sp³-hybridized carbons (Fsp3) is 0.538. The van der Waals surface area contributed by atoms with Crippen molar-refractivity contribution < 1.29 is 9.84 Å². The minimum Gasteiger partial charge on any atom is -0.493 e. The minimum atomic E-state index is -0.244. The number of benzene rings is 1. The molecular formula is C13H18BrNO2. The molecule has 2 N–H and O–H groups in total. The SMILES string of the molecule is CC(O)CCNCc1cc(Br)cc2c1OCC2. The maximum absolute atomic E-state index is 9.18. The van der Waals surface area contributed by atoms with Crippen LogP contribution in [0.4, 0.5) is 0 Å². The Hall–Kier alpha value is -0.580. The van der Waals surface area contributed by atoms with Crippen molar-refractivity contribution in [2.75, 3.05) is 13.2 Å². The lowest BCUT2D eigenvalue weighted by molar-refractivity contribution is 0.183. The molecule has 1 heterocycles. The third-order valence-corrected chi connectivity index (χ3v) is 3.34. The van der Waals surface area contributed by atoms with Crippen molar-refractivity contribution >= 4 is 15.9 Å². The molecule has 0 saturated carbocycles. The number of fused-ring (bicyclic) bond motifs is 1. The van der Waals surface area contributed by atoms with Crippen molar-refractivity contribution in [3.8, 4) is 5.75 Å². The number of hydrogen-bond acceptors (Lipinski definition) is 3. The van der Waals surface area contributed by atoms with Gasteiger partial charge in [0.2, 0.25) is 0 Å². The van der Waals surface area contributed by atoms with Gasteiger partial charge in [-0.25, -0.2) is 0 Å². The van der Waals surface area contributed by atoms with Gasteiger partial charge in [-0.05, 0) is 37.6 Å². The van der Waals surface area contributed by atoms with Crippen LogP contribution in [0.15, 0.2) is 16.6 Å². The zero-order valence-electron chi connectivity index (χ0n) is 10.0. The molecule has 0 aromatic heterocycles. The van der Waals surface area contributed by atoms with E-state index in [-0.39, 0.29) is 6.10 Å². The second-order valence-electron chi connectivity index (χ2n) is 4.47. The van der Waals surface area contributed by atoms with Crippen molar-refractivity contribution in [3.05, 3.63) is 27.7 Å². The standard InChI is InChI=1S/C13H18BrNO2/c1-9(16)2-4-15-8-11-7-12(14)6-10-3-5-17-13(10)11/h6-7,9,15-16H,2-5,8H2,1H3. The number of hydrogen-bond donors (Lipinski definition) is 2. The number of ether oxygens (including phenoxy) is 1. The van der Waals surface area contributed by atoms with Crippen LogP contribution >= 0.6 is 15.9 Å². The number of rotatable bonds is 5. The summed E-state index contributed by atoms with van der Waals surface area (Å²) in [7, 11) is 0. The van der Waals surface area contributed by atoms with Crippen LogP contribution in [-0.2, 0) is 13.0 Å². The van der Waals surface area contributed by atoms with Gasteiger partial charge in [-0.2, -0.15) is 0 Å². The van der Waals surface area contributed by atoms with Gasteiger partial charge in [0.25, 0.3) is 0 Å². The van der Waals surface area contributed by atoms with Crippen molar-refractivity contribution in [2.45, 2.75) is 32.4 Å². The van der Waals surface area contributed by atoms with E-state index >= 15 is 0 Å². The molecule has 0 aliphatic carbocycles. The van der Waals surface area contributed by atoms with E-state index in [9.17, 15) is 5.11 Å². The minimum absolute atomic E-state index is 0.244. The highest BCUT2D eigenvalue weighted by Crippen LogP contribution is 2.32. The van der Waals surface area contributed by atoms with Crippen molar-refractivity contribution in [1.82, 2.24) is 5.32 Å². The Morgan fingerprint density at radius 2 is 2.35 bits per heavy atom. The Balaban J connectivity index is 1.96. The van der Waals surface area contributed by atoms with E-state index in [2.05, 4.69) is 33.4 Å². The molecule has 3 nitrogen and oxygen atoms in total. The summed E-state index contributed by atoms with van der Waals surface area (Å²) in [5.74, 6) is 1.04. The Morgan fingerprint density at radius 3 is 3.12 bits per heavy atom. The van der Waals surface area contributed by atoms with Gasteiger partial charge >= 0.3 is 0 Å². The van der Waals surface area contributed by atoms with E-state index in [1.807, 2.05) is 6.92 Å². The quantitative estimate of drug-likeness (QED) is 0.820. The van der Waals surface area contributed by atoms with E-state index < -0.39 is 0 Å². The molecular weight excluding hydrogens is 282 g/mol. The number of halogens is 1. The second-order valence-corrected chi connectivity index (χ2v) is 5.38. The molecule has 0 saturated heterocycles. The third-order valence-electron chi connectivity index (χ3n) is 2.88. The summed E-state index contributed by atoms with van der Waals surface area (Å²) in [5, 5.41) is 12.5. The highest BCUT2D eigenvalue weighted by molar-refractivity contribution is 9.10. The number of nitrogens with one attached hydrogen (secondary N) is 1. The predicted molar refractivity (Wildman–Crippen MR) is 71.3 cm³/mol. The number of aliphatic hydroxyl groups is 1. The predicted octanol–water partition coefficient (Wildman–Crippen LogP) is 2.24. The molecule has 17 heavy (non-hydrogen) atoms. The Morgan fingerprint density at radius 1 is 1.53 bits per heavy atom. The van der Waals surface area contributed by atoms with Crippen LogP contribution in [0.3, 0.4) is 0 Å². The van der Waals surface area contributed by atoms with Crippen molar-refractivity contribution in [2.24, 2.45) is 0 Å². The van der Waals surface area contributed by atoms with Crippen LogP contribution in [0, 0.1) is 0 Å². The van der Waals surface area contributed by atoms with Crippen LogP contribution in [0.2, 0.25) is 0 Å². The molecule has 1 aromatic rings. The van der Waals surface area contributed by atoms with E-state index in [0.29, 0.717) is 0 Å². The topological polar surface area (TPSA) is 41.5 Å². The zero-order chi connectivity index (χ0) is 12.3. The zero-order valence-corrected chi connectivity index (χ0v) is 11.6. The molecule has 0 amide bonds. The normalized spacial score (nSPS) is 15.5. The van der Waals surface area contributed by atoms with E-state index in [1.54, 1.807) is 0 Å². The number of aliphatic hydroxyl groups excluding tert-OH is 1. The molecule has 0 spiro atoms. The first-order chi connectivity index (χ1) is 8.16. The lowest BCUT2D eigenvalue weighted by Crippen LogP contribution is -2.19. The van der Waals surface area contributed by atoms with Crippen molar-refractivity contribution in [1.29, 1.82) is 0 Å². The molecule has 1 aliphatic heterocycles. The smallest absolute Gasteiger partial charge is 0.127 e. The Bertz CT molecular complexity index is 393. The van der Waals surface area contributed by atoms with Crippen molar-refractivity contribution in [3.63, 3.8) is 0 Å². The molecule has 0 fully saturated rings. The summed E-state index contributed by atoms with van der Waals surface area (Å²) in [6, 6.07) is 4.22. The highest BCUT2D eigenvalue weighted by Gasteiger charge is 2.16. The van der Waals surface area contributed by atoms with E-state index in [0.717, 1.165) is 42.8 Å². The highest BCUT2D eigenvalue weighted by atomic mass is 79.9. The summed E-state index contributed by atoms with van der Waals surface area (Å²) < 4.78 is 6.76. The van der Waals surface area contributed by atoms with Gasteiger partial charge in [0.05, 0.1) is 12.7 Å². The molecule has 1 unspecified atom stereocenters. The summed E-state index contributed by atoms with van der Waals surface area (Å²) in [6.45, 7) is 4.20. The van der Waals surface area contributed by atoms with Gasteiger partial charge in [0, 0.05) is 23.0 Å². The average Bonchev–Trinajstić information content (AvgIpc) is 2.71. The summed E-state index contributed by atoms with van der Waals surface area (Å²) >= 11 is 3.52. The van der Waals surface area contributed by atoms with Gasteiger partial charge in [0.15, 0.2) is 0 Å². The molecule has 1 aromatic carbocycles. The molecule has 0 bridgehead atoms. The van der Waals surface area contributed by atoms with Gasteiger partial charge in [-0.15, -0.1) is 0 Å². The molecule has 2 rings (SSSR count). The van der Waals surface area contributed by atoms with E-state index in [4.69, 9.17) is 4.74 Å². The first-order valence-corrected chi connectivity index (χ1v) is 6.79. The average molecular weight is 300 g/mol. The van der Waals surface area contributed by atoms with E-state index in [1.165, 1.54) is 11.1 Å². The molecule has 0 radical (unpaired) electrons. The molecule has 1 aliphatic rings. The fourth-order valence-corrected chi connectivity index (χ4v) is 2.56. The van der Waals surface area contributed by atoms with Crippen LogP contribution in [-0.4, -0.2) is 24.4 Å². The second kappa shape index (κ2) is 5.85. The monoisotopic (exact) mass is 299 g/mol. The Labute approximate surface area is 110 Å². The van der Waals surface area contributed by atoms with Crippen LogP contribution in [0.5, 0.6) is 5.75 Å². The van der Waals surface area contributed by atoms with Crippen LogP contribution < -0.4 is 10.1 Å². The van der Waals surface area contributed by atoms with Gasteiger partial charge in [-0.1, -0.05) is 15.9 Å². The molecule has 4 heteroatoms. The first-order valence-electron chi connectivity index (χ1n) is 5.99. The summed E-state index contributed by atoms with van der Waals surface area (Å²) in [6.07, 6.45) is 1.53. The molecule has 1 atom stereocenters. The maximum Gasteiger partial charge on any atom is 0.127 e. The molecule has 94 valence electrons. The summed E-state index contributed by atoms with van der Waals surface area (Å²) in [4.78, 5) is 0. The maximum atomic E-state index is 9.18. The van der Waals surface area contributed by atoms with Gasteiger partial charge < -0.3 is 15.2 Å². The van der Waals surface area contributed by atoms with Crippen LogP contribution in [0.1, 0.15) is 24.5 Å². The van der Waals surface area contributed by atoms with Crippen LogP contribution in [0.25, 0.3) is 0 Å². The Kier molecular flexibility index (Phi) is 4.42. The first kappa shape index (κ1) is 12.9.